The molecule has 1 aliphatic carbocycles. The minimum atomic E-state index is 0.168. The third-order valence-corrected chi connectivity index (χ3v) is 3.97. The maximum Gasteiger partial charge on any atom is 0.159 e. The van der Waals surface area contributed by atoms with E-state index in [9.17, 15) is 4.79 Å². The van der Waals surface area contributed by atoms with E-state index >= 15 is 0 Å². The fourth-order valence-electron chi connectivity index (χ4n) is 2.99. The third kappa shape index (κ3) is 2.96. The second kappa shape index (κ2) is 4.64. The Morgan fingerprint density at radius 3 is 2.76 bits per heavy atom. The number of hydrogen-bond acceptors (Lipinski definition) is 1. The maximum absolute atomic E-state index is 11.4. The van der Waals surface area contributed by atoms with Crippen LogP contribution in [-0.4, -0.2) is 5.78 Å². The van der Waals surface area contributed by atoms with Crippen molar-refractivity contribution >= 4 is 5.78 Å². The molecular weight excluding hydrogens is 208 g/mol. The van der Waals surface area contributed by atoms with Crippen molar-refractivity contribution < 1.29 is 4.79 Å². The van der Waals surface area contributed by atoms with Gasteiger partial charge in [-0.25, -0.2) is 0 Å². The standard InChI is InChI=1S/C16H22O/c1-12(17)13-6-4-7-14(10-13)15-8-5-9-16(2,3)11-15/h4,6-7,10,15H,5,8-9,11H2,1-3H3. The lowest BCUT2D eigenvalue weighted by Gasteiger charge is -2.35. The predicted octanol–water partition coefficient (Wildman–Crippen LogP) is 4.57. The summed E-state index contributed by atoms with van der Waals surface area (Å²) in [6.07, 6.45) is 5.15. The number of Topliss-reactive ketones (excluding diaryl/α,β-unsaturated/α-hetero) is 1. The molecule has 0 amide bonds. The Hall–Kier alpha value is -1.11. The quantitative estimate of drug-likeness (QED) is 0.680. The first kappa shape index (κ1) is 12.3. The van der Waals surface area contributed by atoms with Crippen molar-refractivity contribution in [2.75, 3.05) is 0 Å². The van der Waals surface area contributed by atoms with E-state index in [-0.39, 0.29) is 5.78 Å². The molecule has 1 saturated carbocycles. The van der Waals surface area contributed by atoms with E-state index in [0.29, 0.717) is 11.3 Å². The molecule has 1 aliphatic rings. The SMILES string of the molecule is CC(=O)c1cccc(C2CCCC(C)(C)C2)c1. The maximum atomic E-state index is 11.4. The second-order valence-corrected chi connectivity index (χ2v) is 6.14. The van der Waals surface area contributed by atoms with Crippen molar-refractivity contribution in [2.24, 2.45) is 5.41 Å². The van der Waals surface area contributed by atoms with E-state index in [4.69, 9.17) is 0 Å². The molecule has 1 aromatic rings. The topological polar surface area (TPSA) is 17.1 Å². The lowest BCUT2D eigenvalue weighted by atomic mass is 9.70. The molecule has 1 heteroatoms. The molecule has 17 heavy (non-hydrogen) atoms. The van der Waals surface area contributed by atoms with Crippen LogP contribution in [0.1, 0.15) is 68.3 Å². The highest BCUT2D eigenvalue weighted by atomic mass is 16.1. The van der Waals surface area contributed by atoms with Gasteiger partial charge in [0.05, 0.1) is 0 Å². The number of carbonyl (C=O) groups excluding carboxylic acids is 1. The minimum Gasteiger partial charge on any atom is -0.295 e. The Labute approximate surface area is 104 Å². The van der Waals surface area contributed by atoms with Crippen LogP contribution in [0.5, 0.6) is 0 Å². The summed E-state index contributed by atoms with van der Waals surface area (Å²) >= 11 is 0. The summed E-state index contributed by atoms with van der Waals surface area (Å²) in [5.41, 5.74) is 2.66. The van der Waals surface area contributed by atoms with Crippen LogP contribution in [0.2, 0.25) is 0 Å². The molecule has 2 rings (SSSR count). The average molecular weight is 230 g/mol. The van der Waals surface area contributed by atoms with E-state index < -0.39 is 0 Å². The first-order valence-electron chi connectivity index (χ1n) is 6.59. The van der Waals surface area contributed by atoms with Gasteiger partial charge in [-0.1, -0.05) is 38.5 Å². The largest absolute Gasteiger partial charge is 0.295 e. The second-order valence-electron chi connectivity index (χ2n) is 6.14. The summed E-state index contributed by atoms with van der Waals surface area (Å²) in [4.78, 5) is 11.4. The van der Waals surface area contributed by atoms with Crippen molar-refractivity contribution in [3.8, 4) is 0 Å². The molecule has 1 fully saturated rings. The van der Waals surface area contributed by atoms with E-state index in [1.807, 2.05) is 12.1 Å². The molecule has 0 aliphatic heterocycles. The fourth-order valence-corrected chi connectivity index (χ4v) is 2.99. The summed E-state index contributed by atoms with van der Waals surface area (Å²) < 4.78 is 0. The first-order valence-corrected chi connectivity index (χ1v) is 6.59. The van der Waals surface area contributed by atoms with E-state index in [0.717, 1.165) is 5.56 Å². The Kier molecular flexibility index (Phi) is 3.37. The van der Waals surface area contributed by atoms with Crippen molar-refractivity contribution in [1.29, 1.82) is 0 Å². The van der Waals surface area contributed by atoms with Crippen LogP contribution in [0.15, 0.2) is 24.3 Å². The van der Waals surface area contributed by atoms with Gasteiger partial charge in [-0.2, -0.15) is 0 Å². The Bertz CT molecular complexity index is 417. The Balaban J connectivity index is 2.22. The van der Waals surface area contributed by atoms with Crippen LogP contribution in [0.25, 0.3) is 0 Å². The average Bonchev–Trinajstić information content (AvgIpc) is 2.28. The normalized spacial score (nSPS) is 23.4. The zero-order chi connectivity index (χ0) is 12.5. The number of hydrogen-bond donors (Lipinski definition) is 0. The van der Waals surface area contributed by atoms with Crippen LogP contribution < -0.4 is 0 Å². The highest BCUT2D eigenvalue weighted by molar-refractivity contribution is 5.94. The van der Waals surface area contributed by atoms with Crippen LogP contribution in [-0.2, 0) is 0 Å². The lowest BCUT2D eigenvalue weighted by molar-refractivity contribution is 0.101. The van der Waals surface area contributed by atoms with Crippen molar-refractivity contribution in [3.05, 3.63) is 35.4 Å². The first-order chi connectivity index (χ1) is 7.98. The van der Waals surface area contributed by atoms with Crippen molar-refractivity contribution in [2.45, 2.75) is 52.4 Å². The zero-order valence-corrected chi connectivity index (χ0v) is 11.1. The molecule has 0 bridgehead atoms. The molecule has 1 aromatic carbocycles. The highest BCUT2D eigenvalue weighted by Crippen LogP contribution is 2.43. The molecule has 1 atom stereocenters. The van der Waals surface area contributed by atoms with Gasteiger partial charge in [-0.3, -0.25) is 4.79 Å². The van der Waals surface area contributed by atoms with Gasteiger partial charge in [-0.05, 0) is 49.1 Å². The van der Waals surface area contributed by atoms with Gasteiger partial charge in [0.2, 0.25) is 0 Å². The molecule has 0 aromatic heterocycles. The monoisotopic (exact) mass is 230 g/mol. The number of carbonyl (C=O) groups is 1. The van der Waals surface area contributed by atoms with Crippen LogP contribution in [0, 0.1) is 5.41 Å². The van der Waals surface area contributed by atoms with E-state index in [2.05, 4.69) is 26.0 Å². The Morgan fingerprint density at radius 1 is 1.35 bits per heavy atom. The summed E-state index contributed by atoms with van der Waals surface area (Å²) in [5, 5.41) is 0. The van der Waals surface area contributed by atoms with Crippen molar-refractivity contribution in [1.82, 2.24) is 0 Å². The van der Waals surface area contributed by atoms with E-state index in [1.165, 1.54) is 31.2 Å². The third-order valence-electron chi connectivity index (χ3n) is 3.97. The van der Waals surface area contributed by atoms with Gasteiger partial charge in [0.25, 0.3) is 0 Å². The lowest BCUT2D eigenvalue weighted by Crippen LogP contribution is -2.21. The number of benzene rings is 1. The molecule has 0 spiro atoms. The van der Waals surface area contributed by atoms with Crippen molar-refractivity contribution in [3.63, 3.8) is 0 Å². The summed E-state index contributed by atoms with van der Waals surface area (Å²) in [6, 6.07) is 8.21. The van der Waals surface area contributed by atoms with Gasteiger partial charge in [0, 0.05) is 5.56 Å². The van der Waals surface area contributed by atoms with Crippen LogP contribution in [0.4, 0.5) is 0 Å². The molecular formula is C16H22O. The molecule has 1 nitrogen and oxygen atoms in total. The minimum absolute atomic E-state index is 0.168. The van der Waals surface area contributed by atoms with Gasteiger partial charge >= 0.3 is 0 Å². The zero-order valence-electron chi connectivity index (χ0n) is 11.1. The number of ketones is 1. The number of rotatable bonds is 2. The molecule has 0 N–H and O–H groups in total. The summed E-state index contributed by atoms with van der Waals surface area (Å²) in [6.45, 7) is 6.35. The summed E-state index contributed by atoms with van der Waals surface area (Å²) in [5.74, 6) is 0.806. The molecule has 0 heterocycles. The van der Waals surface area contributed by atoms with Gasteiger partial charge in [0.1, 0.15) is 0 Å². The van der Waals surface area contributed by atoms with Gasteiger partial charge in [0.15, 0.2) is 5.78 Å². The van der Waals surface area contributed by atoms with Crippen LogP contribution in [0.3, 0.4) is 0 Å². The van der Waals surface area contributed by atoms with E-state index in [1.54, 1.807) is 6.92 Å². The van der Waals surface area contributed by atoms with Gasteiger partial charge < -0.3 is 0 Å². The van der Waals surface area contributed by atoms with Crippen LogP contribution >= 0.6 is 0 Å². The fraction of sp³-hybridized carbons (Fsp3) is 0.562. The highest BCUT2D eigenvalue weighted by Gasteiger charge is 2.28. The van der Waals surface area contributed by atoms with Gasteiger partial charge in [-0.15, -0.1) is 0 Å². The molecule has 0 radical (unpaired) electrons. The smallest absolute Gasteiger partial charge is 0.159 e. The molecule has 0 saturated heterocycles. The Morgan fingerprint density at radius 2 is 2.12 bits per heavy atom. The molecule has 1 unspecified atom stereocenters. The molecule has 92 valence electrons. The predicted molar refractivity (Wildman–Crippen MR) is 71.4 cm³/mol. The summed E-state index contributed by atoms with van der Waals surface area (Å²) in [7, 11) is 0.